The van der Waals surface area contributed by atoms with E-state index in [0.29, 0.717) is 6.42 Å². The maximum atomic E-state index is 10.5. The van der Waals surface area contributed by atoms with Crippen LogP contribution in [-0.2, 0) is 11.2 Å². The van der Waals surface area contributed by atoms with Gasteiger partial charge in [0.1, 0.15) is 11.3 Å². The fourth-order valence-electron chi connectivity index (χ4n) is 1.68. The van der Waals surface area contributed by atoms with E-state index in [-0.39, 0.29) is 6.42 Å². The number of hydrogen-bond donors (Lipinski definition) is 1. The fourth-order valence-corrected chi connectivity index (χ4v) is 1.68. The Morgan fingerprint density at radius 3 is 2.80 bits per heavy atom. The van der Waals surface area contributed by atoms with Gasteiger partial charge in [-0.25, -0.2) is 0 Å². The van der Waals surface area contributed by atoms with Crippen molar-refractivity contribution in [2.45, 2.75) is 19.8 Å². The van der Waals surface area contributed by atoms with Crippen LogP contribution in [0, 0.1) is 6.92 Å². The number of benzene rings is 1. The predicted octanol–water partition coefficient (Wildman–Crippen LogP) is 2.76. The van der Waals surface area contributed by atoms with Crippen LogP contribution in [0.25, 0.3) is 11.0 Å². The summed E-state index contributed by atoms with van der Waals surface area (Å²) in [6.45, 7) is 1.96. The standard InChI is InChI=1S/C12H12O3/c1-8-9-4-2-3-5-11(9)15-10(8)6-7-12(13)14/h2-5H,6-7H2,1H3,(H,13,14). The zero-order valence-corrected chi connectivity index (χ0v) is 8.49. The summed E-state index contributed by atoms with van der Waals surface area (Å²) < 4.78 is 5.59. The summed E-state index contributed by atoms with van der Waals surface area (Å²) in [6.07, 6.45) is 0.566. The van der Waals surface area contributed by atoms with Crippen LogP contribution in [0.2, 0.25) is 0 Å². The molecule has 0 amide bonds. The lowest BCUT2D eigenvalue weighted by Gasteiger charge is -1.94. The highest BCUT2D eigenvalue weighted by Gasteiger charge is 2.10. The first-order chi connectivity index (χ1) is 7.18. The number of carboxylic acids is 1. The SMILES string of the molecule is Cc1c(CCC(=O)O)oc2ccccc12. The van der Waals surface area contributed by atoms with Gasteiger partial charge in [0.05, 0.1) is 6.42 Å². The maximum absolute atomic E-state index is 10.5. The van der Waals surface area contributed by atoms with Crippen LogP contribution in [0.15, 0.2) is 28.7 Å². The Morgan fingerprint density at radius 2 is 2.13 bits per heavy atom. The molecule has 0 aliphatic carbocycles. The zero-order chi connectivity index (χ0) is 10.8. The summed E-state index contributed by atoms with van der Waals surface area (Å²) in [6, 6.07) is 7.74. The molecule has 0 radical (unpaired) electrons. The van der Waals surface area contributed by atoms with Gasteiger partial charge in [-0.05, 0) is 18.6 Å². The molecule has 1 heterocycles. The first-order valence-electron chi connectivity index (χ1n) is 4.87. The Bertz CT molecular complexity index is 497. The molecule has 3 heteroatoms. The molecule has 0 saturated carbocycles. The molecule has 0 spiro atoms. The monoisotopic (exact) mass is 204 g/mol. The summed E-state index contributed by atoms with van der Waals surface area (Å²) in [5, 5.41) is 9.67. The van der Waals surface area contributed by atoms with Crippen molar-refractivity contribution in [3.8, 4) is 0 Å². The van der Waals surface area contributed by atoms with Crippen molar-refractivity contribution in [1.82, 2.24) is 0 Å². The second-order valence-corrected chi connectivity index (χ2v) is 3.54. The first-order valence-corrected chi connectivity index (χ1v) is 4.87. The van der Waals surface area contributed by atoms with Gasteiger partial charge < -0.3 is 9.52 Å². The van der Waals surface area contributed by atoms with Crippen molar-refractivity contribution in [1.29, 1.82) is 0 Å². The number of furan rings is 1. The molecule has 3 nitrogen and oxygen atoms in total. The van der Waals surface area contributed by atoms with Gasteiger partial charge in [-0.3, -0.25) is 4.79 Å². The van der Waals surface area contributed by atoms with Gasteiger partial charge >= 0.3 is 5.97 Å². The average Bonchev–Trinajstić information content (AvgIpc) is 2.54. The van der Waals surface area contributed by atoms with E-state index in [1.165, 1.54) is 0 Å². The minimum absolute atomic E-state index is 0.112. The Hall–Kier alpha value is -1.77. The van der Waals surface area contributed by atoms with E-state index < -0.39 is 5.97 Å². The second kappa shape index (κ2) is 3.77. The summed E-state index contributed by atoms with van der Waals surface area (Å²) in [5.74, 6) is -0.0199. The lowest BCUT2D eigenvalue weighted by Crippen LogP contribution is -1.97. The molecule has 15 heavy (non-hydrogen) atoms. The van der Waals surface area contributed by atoms with E-state index in [1.54, 1.807) is 0 Å². The Morgan fingerprint density at radius 1 is 1.40 bits per heavy atom. The predicted molar refractivity (Wildman–Crippen MR) is 56.9 cm³/mol. The van der Waals surface area contributed by atoms with Crippen LogP contribution >= 0.6 is 0 Å². The van der Waals surface area contributed by atoms with Gasteiger partial charge in [0.2, 0.25) is 0 Å². The zero-order valence-electron chi connectivity index (χ0n) is 8.49. The van der Waals surface area contributed by atoms with Crippen LogP contribution < -0.4 is 0 Å². The summed E-state index contributed by atoms with van der Waals surface area (Å²) in [5.41, 5.74) is 1.88. The van der Waals surface area contributed by atoms with Crippen molar-refractivity contribution >= 4 is 16.9 Å². The maximum Gasteiger partial charge on any atom is 0.303 e. The normalized spacial score (nSPS) is 10.7. The Balaban J connectivity index is 2.36. The van der Waals surface area contributed by atoms with Crippen molar-refractivity contribution in [2.75, 3.05) is 0 Å². The molecule has 0 bridgehead atoms. The molecule has 1 aromatic heterocycles. The molecule has 2 aromatic rings. The molecule has 0 aliphatic heterocycles. The molecule has 0 atom stereocenters. The minimum atomic E-state index is -0.796. The number of para-hydroxylation sites is 1. The Kier molecular flexibility index (Phi) is 2.46. The van der Waals surface area contributed by atoms with Crippen molar-refractivity contribution < 1.29 is 14.3 Å². The third-order valence-electron chi connectivity index (χ3n) is 2.51. The molecule has 0 aliphatic rings. The molecule has 2 rings (SSSR count). The summed E-state index contributed by atoms with van der Waals surface area (Å²) in [4.78, 5) is 10.5. The largest absolute Gasteiger partial charge is 0.481 e. The van der Waals surface area contributed by atoms with Crippen LogP contribution in [-0.4, -0.2) is 11.1 Å². The minimum Gasteiger partial charge on any atom is -0.481 e. The number of aryl methyl sites for hydroxylation is 2. The summed E-state index contributed by atoms with van der Waals surface area (Å²) >= 11 is 0. The highest BCUT2D eigenvalue weighted by molar-refractivity contribution is 5.82. The van der Waals surface area contributed by atoms with Gasteiger partial charge in [-0.2, -0.15) is 0 Å². The molecule has 1 aromatic carbocycles. The molecule has 0 saturated heterocycles. The number of rotatable bonds is 3. The first kappa shape index (κ1) is 9.77. The van der Waals surface area contributed by atoms with Gasteiger partial charge in [0.25, 0.3) is 0 Å². The van der Waals surface area contributed by atoms with E-state index in [4.69, 9.17) is 9.52 Å². The molecule has 78 valence electrons. The van der Waals surface area contributed by atoms with E-state index in [2.05, 4.69) is 0 Å². The van der Waals surface area contributed by atoms with E-state index >= 15 is 0 Å². The molecular weight excluding hydrogens is 192 g/mol. The van der Waals surface area contributed by atoms with Crippen molar-refractivity contribution in [2.24, 2.45) is 0 Å². The number of aliphatic carboxylic acids is 1. The van der Waals surface area contributed by atoms with Crippen LogP contribution in [0.3, 0.4) is 0 Å². The number of hydrogen-bond acceptors (Lipinski definition) is 2. The van der Waals surface area contributed by atoms with Gasteiger partial charge in [0, 0.05) is 11.8 Å². The van der Waals surface area contributed by atoms with Crippen LogP contribution in [0.5, 0.6) is 0 Å². The third kappa shape index (κ3) is 1.86. The van der Waals surface area contributed by atoms with Gasteiger partial charge in [-0.1, -0.05) is 18.2 Å². The third-order valence-corrected chi connectivity index (χ3v) is 2.51. The van der Waals surface area contributed by atoms with Gasteiger partial charge in [0.15, 0.2) is 0 Å². The quantitative estimate of drug-likeness (QED) is 0.836. The van der Waals surface area contributed by atoms with Crippen LogP contribution in [0.1, 0.15) is 17.7 Å². The van der Waals surface area contributed by atoms with Crippen molar-refractivity contribution in [3.63, 3.8) is 0 Å². The highest BCUT2D eigenvalue weighted by atomic mass is 16.4. The molecular formula is C12H12O3. The van der Waals surface area contributed by atoms with E-state index in [0.717, 1.165) is 22.3 Å². The molecule has 0 unspecified atom stereocenters. The van der Waals surface area contributed by atoms with Gasteiger partial charge in [-0.15, -0.1) is 0 Å². The number of carbonyl (C=O) groups is 1. The topological polar surface area (TPSA) is 50.4 Å². The summed E-state index contributed by atoms with van der Waals surface area (Å²) in [7, 11) is 0. The van der Waals surface area contributed by atoms with Crippen LogP contribution in [0.4, 0.5) is 0 Å². The fraction of sp³-hybridized carbons (Fsp3) is 0.250. The van der Waals surface area contributed by atoms with Crippen molar-refractivity contribution in [3.05, 3.63) is 35.6 Å². The molecule has 0 fully saturated rings. The lowest BCUT2D eigenvalue weighted by molar-refractivity contribution is -0.137. The van der Waals surface area contributed by atoms with E-state index in [9.17, 15) is 4.79 Å². The molecule has 1 N–H and O–H groups in total. The average molecular weight is 204 g/mol. The van der Waals surface area contributed by atoms with E-state index in [1.807, 2.05) is 31.2 Å². The lowest BCUT2D eigenvalue weighted by atomic mass is 10.1. The smallest absolute Gasteiger partial charge is 0.303 e. The second-order valence-electron chi connectivity index (χ2n) is 3.54. The Labute approximate surface area is 87.3 Å². The highest BCUT2D eigenvalue weighted by Crippen LogP contribution is 2.25. The number of fused-ring (bicyclic) bond motifs is 1. The number of carboxylic acid groups (broad SMARTS) is 1.